The van der Waals surface area contributed by atoms with Crippen LogP contribution in [-0.4, -0.2) is 52.9 Å². The molecule has 2 heterocycles. The SMILES string of the molecule is BrCCN1CCCN(c2ncncc2Br)CC1. The van der Waals surface area contributed by atoms with Gasteiger partial charge in [0.05, 0.1) is 4.47 Å². The molecule has 0 spiro atoms. The van der Waals surface area contributed by atoms with Crippen molar-refractivity contribution >= 4 is 37.7 Å². The molecule has 1 saturated heterocycles. The fraction of sp³-hybridized carbons (Fsp3) is 0.636. The summed E-state index contributed by atoms with van der Waals surface area (Å²) in [6.07, 6.45) is 4.61. The van der Waals surface area contributed by atoms with Crippen molar-refractivity contribution in [3.8, 4) is 0 Å². The molecule has 1 aliphatic rings. The van der Waals surface area contributed by atoms with Gasteiger partial charge in [0, 0.05) is 37.7 Å². The largest absolute Gasteiger partial charge is 0.354 e. The van der Waals surface area contributed by atoms with E-state index in [2.05, 4.69) is 51.6 Å². The van der Waals surface area contributed by atoms with Crippen molar-refractivity contribution in [2.24, 2.45) is 0 Å². The molecule has 0 saturated carbocycles. The van der Waals surface area contributed by atoms with Gasteiger partial charge in [0.1, 0.15) is 12.1 Å². The first-order valence-corrected chi connectivity index (χ1v) is 7.71. The monoisotopic (exact) mass is 362 g/mol. The molecule has 0 aliphatic carbocycles. The Kier molecular flexibility index (Phi) is 5.18. The molecule has 0 aromatic carbocycles. The molecule has 0 bridgehead atoms. The van der Waals surface area contributed by atoms with Crippen molar-refractivity contribution in [3.63, 3.8) is 0 Å². The van der Waals surface area contributed by atoms with Gasteiger partial charge in [-0.25, -0.2) is 9.97 Å². The highest BCUT2D eigenvalue weighted by Gasteiger charge is 2.17. The van der Waals surface area contributed by atoms with Crippen molar-refractivity contribution in [3.05, 3.63) is 17.0 Å². The molecular weight excluding hydrogens is 348 g/mol. The van der Waals surface area contributed by atoms with Crippen LogP contribution >= 0.6 is 31.9 Å². The number of halogens is 2. The predicted octanol–water partition coefficient (Wildman–Crippen LogP) is 2.15. The van der Waals surface area contributed by atoms with Gasteiger partial charge in [0.15, 0.2) is 0 Å². The van der Waals surface area contributed by atoms with Crippen LogP contribution in [0.15, 0.2) is 17.0 Å². The summed E-state index contributed by atoms with van der Waals surface area (Å²) in [5.74, 6) is 1.01. The summed E-state index contributed by atoms with van der Waals surface area (Å²) in [7, 11) is 0. The molecule has 4 nitrogen and oxygen atoms in total. The number of alkyl halides is 1. The Morgan fingerprint density at radius 3 is 2.88 bits per heavy atom. The third-order valence-electron chi connectivity index (χ3n) is 2.94. The summed E-state index contributed by atoms with van der Waals surface area (Å²) >= 11 is 7.01. The van der Waals surface area contributed by atoms with E-state index in [0.717, 1.165) is 41.8 Å². The lowest BCUT2D eigenvalue weighted by molar-refractivity contribution is 0.313. The molecule has 17 heavy (non-hydrogen) atoms. The molecular formula is C11H16Br2N4. The summed E-state index contributed by atoms with van der Waals surface area (Å²) < 4.78 is 0.981. The molecule has 6 heteroatoms. The van der Waals surface area contributed by atoms with E-state index in [1.54, 1.807) is 6.33 Å². The van der Waals surface area contributed by atoms with E-state index in [9.17, 15) is 0 Å². The van der Waals surface area contributed by atoms with Crippen LogP contribution in [0, 0.1) is 0 Å². The van der Waals surface area contributed by atoms with Crippen LogP contribution in [0.1, 0.15) is 6.42 Å². The molecule has 0 atom stereocenters. The van der Waals surface area contributed by atoms with E-state index < -0.39 is 0 Å². The first kappa shape index (κ1) is 13.2. The second-order valence-electron chi connectivity index (χ2n) is 4.07. The maximum absolute atomic E-state index is 4.35. The van der Waals surface area contributed by atoms with Crippen LogP contribution in [0.2, 0.25) is 0 Å². The number of aromatic nitrogens is 2. The number of hydrogen-bond donors (Lipinski definition) is 0. The summed E-state index contributed by atoms with van der Waals surface area (Å²) in [5.41, 5.74) is 0. The van der Waals surface area contributed by atoms with Crippen LogP contribution in [0.3, 0.4) is 0 Å². The number of hydrogen-bond acceptors (Lipinski definition) is 4. The van der Waals surface area contributed by atoms with Gasteiger partial charge >= 0.3 is 0 Å². The van der Waals surface area contributed by atoms with E-state index in [-0.39, 0.29) is 0 Å². The van der Waals surface area contributed by atoms with Gasteiger partial charge in [-0.1, -0.05) is 15.9 Å². The minimum absolute atomic E-state index is 0.981. The quantitative estimate of drug-likeness (QED) is 0.770. The lowest BCUT2D eigenvalue weighted by Gasteiger charge is -2.22. The summed E-state index contributed by atoms with van der Waals surface area (Å²) in [6.45, 7) is 5.49. The Morgan fingerprint density at radius 1 is 1.24 bits per heavy atom. The van der Waals surface area contributed by atoms with Crippen molar-refractivity contribution in [1.29, 1.82) is 0 Å². The first-order valence-electron chi connectivity index (χ1n) is 5.80. The van der Waals surface area contributed by atoms with Gasteiger partial charge in [-0.2, -0.15) is 0 Å². The summed E-state index contributed by atoms with van der Waals surface area (Å²) in [4.78, 5) is 13.2. The first-order chi connectivity index (χ1) is 8.31. The van der Waals surface area contributed by atoms with Gasteiger partial charge in [0.25, 0.3) is 0 Å². The highest BCUT2D eigenvalue weighted by Crippen LogP contribution is 2.22. The molecule has 1 fully saturated rings. The Labute approximate surface area is 119 Å². The average Bonchev–Trinajstić information content (AvgIpc) is 2.56. The van der Waals surface area contributed by atoms with Gasteiger partial charge < -0.3 is 9.80 Å². The van der Waals surface area contributed by atoms with Crippen LogP contribution in [0.5, 0.6) is 0 Å². The molecule has 1 aromatic rings. The zero-order valence-electron chi connectivity index (χ0n) is 9.65. The highest BCUT2D eigenvalue weighted by molar-refractivity contribution is 9.10. The molecule has 0 unspecified atom stereocenters. The van der Waals surface area contributed by atoms with Crippen molar-refractivity contribution in [2.75, 3.05) is 43.0 Å². The van der Waals surface area contributed by atoms with Gasteiger partial charge in [0.2, 0.25) is 0 Å². The summed E-state index contributed by atoms with van der Waals surface area (Å²) in [6, 6.07) is 0. The number of nitrogens with zero attached hydrogens (tertiary/aromatic N) is 4. The smallest absolute Gasteiger partial charge is 0.146 e. The van der Waals surface area contributed by atoms with E-state index in [1.807, 2.05) is 6.20 Å². The lowest BCUT2D eigenvalue weighted by Crippen LogP contribution is -2.32. The zero-order chi connectivity index (χ0) is 12.1. The summed E-state index contributed by atoms with van der Waals surface area (Å²) in [5, 5.41) is 1.05. The van der Waals surface area contributed by atoms with Gasteiger partial charge in [-0.3, -0.25) is 0 Å². The Balaban J connectivity index is 2.01. The molecule has 94 valence electrons. The Hall–Kier alpha value is -0.200. The zero-order valence-corrected chi connectivity index (χ0v) is 12.8. The van der Waals surface area contributed by atoms with E-state index in [0.29, 0.717) is 0 Å². The van der Waals surface area contributed by atoms with E-state index in [4.69, 9.17) is 0 Å². The van der Waals surface area contributed by atoms with Crippen molar-refractivity contribution in [2.45, 2.75) is 6.42 Å². The lowest BCUT2D eigenvalue weighted by atomic mass is 10.4. The van der Waals surface area contributed by atoms with E-state index >= 15 is 0 Å². The second-order valence-corrected chi connectivity index (χ2v) is 5.71. The van der Waals surface area contributed by atoms with Crippen LogP contribution in [-0.2, 0) is 0 Å². The molecule has 1 aliphatic heterocycles. The molecule has 2 rings (SSSR count). The highest BCUT2D eigenvalue weighted by atomic mass is 79.9. The minimum Gasteiger partial charge on any atom is -0.354 e. The Bertz CT molecular complexity index is 361. The van der Waals surface area contributed by atoms with Crippen LogP contribution < -0.4 is 4.90 Å². The Morgan fingerprint density at radius 2 is 2.12 bits per heavy atom. The van der Waals surface area contributed by atoms with Gasteiger partial charge in [-0.15, -0.1) is 0 Å². The van der Waals surface area contributed by atoms with Crippen molar-refractivity contribution in [1.82, 2.24) is 14.9 Å². The molecule has 1 aromatic heterocycles. The maximum Gasteiger partial charge on any atom is 0.146 e. The maximum atomic E-state index is 4.35. The van der Waals surface area contributed by atoms with Crippen LogP contribution in [0.4, 0.5) is 5.82 Å². The minimum atomic E-state index is 0.981. The van der Waals surface area contributed by atoms with Crippen LogP contribution in [0.25, 0.3) is 0 Å². The predicted molar refractivity (Wildman–Crippen MR) is 76.8 cm³/mol. The molecule has 0 radical (unpaired) electrons. The van der Waals surface area contributed by atoms with Crippen molar-refractivity contribution < 1.29 is 0 Å². The fourth-order valence-electron chi connectivity index (χ4n) is 2.06. The molecule has 0 N–H and O–H groups in total. The topological polar surface area (TPSA) is 32.3 Å². The average molecular weight is 364 g/mol. The van der Waals surface area contributed by atoms with E-state index in [1.165, 1.54) is 13.0 Å². The third kappa shape index (κ3) is 3.63. The third-order valence-corrected chi connectivity index (χ3v) is 3.85. The number of anilines is 1. The fourth-order valence-corrected chi connectivity index (χ4v) is 3.04. The normalized spacial score (nSPS) is 18.1. The van der Waals surface area contributed by atoms with Gasteiger partial charge in [-0.05, 0) is 28.9 Å². The number of rotatable bonds is 3. The molecule has 0 amide bonds. The standard InChI is InChI=1S/C11H16Br2N4/c12-2-5-16-3-1-4-17(7-6-16)11-10(13)8-14-9-15-11/h8-9H,1-7H2. The second kappa shape index (κ2) is 6.66.